The van der Waals surface area contributed by atoms with E-state index in [1.54, 1.807) is 0 Å². The van der Waals surface area contributed by atoms with Crippen LogP contribution in [0.15, 0.2) is 65.5 Å². The van der Waals surface area contributed by atoms with Gasteiger partial charge in [0, 0.05) is 23.1 Å². The number of aromatic nitrogens is 1. The molecule has 0 radical (unpaired) electrons. The SMILES string of the molecule is O=c1ccc2c(-c3ccc(F)cc3Cl)cc(O)cc2n1-c1c(F)cccc1F. The van der Waals surface area contributed by atoms with Crippen LogP contribution in [0, 0.1) is 17.5 Å². The average Bonchev–Trinajstić information content (AvgIpc) is 2.62. The number of para-hydroxylation sites is 1. The number of fused-ring (bicyclic) bond motifs is 1. The highest BCUT2D eigenvalue weighted by Gasteiger charge is 2.18. The van der Waals surface area contributed by atoms with Gasteiger partial charge < -0.3 is 5.11 Å². The fourth-order valence-electron chi connectivity index (χ4n) is 3.20. The fourth-order valence-corrected chi connectivity index (χ4v) is 3.46. The molecule has 140 valence electrons. The fraction of sp³-hybridized carbons (Fsp3) is 0. The lowest BCUT2D eigenvalue weighted by Crippen LogP contribution is -2.20. The predicted molar refractivity (Wildman–Crippen MR) is 102 cm³/mol. The smallest absolute Gasteiger partial charge is 0.255 e. The molecule has 0 saturated carbocycles. The van der Waals surface area contributed by atoms with Crippen molar-refractivity contribution in [3.63, 3.8) is 0 Å². The molecule has 0 fully saturated rings. The molecule has 0 bridgehead atoms. The Kier molecular flexibility index (Phi) is 4.35. The van der Waals surface area contributed by atoms with Gasteiger partial charge in [-0.25, -0.2) is 13.2 Å². The molecule has 4 rings (SSSR count). The van der Waals surface area contributed by atoms with E-state index < -0.39 is 28.7 Å². The zero-order valence-electron chi connectivity index (χ0n) is 14.1. The topological polar surface area (TPSA) is 42.2 Å². The van der Waals surface area contributed by atoms with Crippen molar-refractivity contribution >= 4 is 22.5 Å². The summed E-state index contributed by atoms with van der Waals surface area (Å²) in [6, 6.07) is 12.2. The first-order chi connectivity index (χ1) is 13.4. The second kappa shape index (κ2) is 6.73. The highest BCUT2D eigenvalue weighted by Crippen LogP contribution is 2.37. The third kappa shape index (κ3) is 2.92. The van der Waals surface area contributed by atoms with Gasteiger partial charge in [0.1, 0.15) is 28.9 Å². The van der Waals surface area contributed by atoms with Crippen molar-refractivity contribution in [1.29, 1.82) is 0 Å². The first-order valence-electron chi connectivity index (χ1n) is 8.15. The number of hydrogen-bond acceptors (Lipinski definition) is 2. The van der Waals surface area contributed by atoms with Crippen molar-refractivity contribution in [3.8, 4) is 22.6 Å². The van der Waals surface area contributed by atoms with E-state index in [0.717, 1.165) is 28.8 Å². The molecular weight excluding hydrogens is 391 g/mol. The van der Waals surface area contributed by atoms with Crippen LogP contribution < -0.4 is 5.56 Å². The molecule has 1 heterocycles. The van der Waals surface area contributed by atoms with Crippen molar-refractivity contribution in [2.24, 2.45) is 0 Å². The number of halogens is 4. The number of benzene rings is 3. The molecule has 0 atom stereocenters. The van der Waals surface area contributed by atoms with Crippen LogP contribution in [-0.4, -0.2) is 9.67 Å². The maximum atomic E-state index is 14.4. The van der Waals surface area contributed by atoms with E-state index in [2.05, 4.69) is 0 Å². The summed E-state index contributed by atoms with van der Waals surface area (Å²) in [5, 5.41) is 10.7. The first kappa shape index (κ1) is 18.1. The summed E-state index contributed by atoms with van der Waals surface area (Å²) in [5.41, 5.74) is -0.390. The maximum absolute atomic E-state index is 14.4. The molecule has 1 aromatic heterocycles. The van der Waals surface area contributed by atoms with E-state index in [-0.39, 0.29) is 16.3 Å². The molecule has 0 spiro atoms. The molecule has 0 saturated heterocycles. The Morgan fingerprint density at radius 3 is 2.25 bits per heavy atom. The standard InChI is InChI=1S/C21H11ClF3NO2/c22-16-8-11(23)4-5-13(16)15-9-12(27)10-19-14(15)6-7-20(28)26(19)21-17(24)2-1-3-18(21)25/h1-10,27H. The Balaban J connectivity index is 2.14. The highest BCUT2D eigenvalue weighted by molar-refractivity contribution is 6.33. The molecule has 4 aromatic rings. The zero-order chi connectivity index (χ0) is 20.0. The third-order valence-electron chi connectivity index (χ3n) is 4.38. The quantitative estimate of drug-likeness (QED) is 0.486. The number of nitrogens with zero attached hydrogens (tertiary/aromatic N) is 1. The molecule has 3 aromatic carbocycles. The molecule has 28 heavy (non-hydrogen) atoms. The Hall–Kier alpha value is -3.25. The van der Waals surface area contributed by atoms with Crippen LogP contribution in [0.5, 0.6) is 5.75 Å². The van der Waals surface area contributed by atoms with Gasteiger partial charge in [0.25, 0.3) is 5.56 Å². The number of aromatic hydroxyl groups is 1. The lowest BCUT2D eigenvalue weighted by Gasteiger charge is -2.15. The average molecular weight is 402 g/mol. The molecule has 3 nitrogen and oxygen atoms in total. The van der Waals surface area contributed by atoms with E-state index >= 15 is 0 Å². The minimum atomic E-state index is -0.931. The van der Waals surface area contributed by atoms with Crippen LogP contribution in [0.3, 0.4) is 0 Å². The summed E-state index contributed by atoms with van der Waals surface area (Å²) in [6.07, 6.45) is 0. The van der Waals surface area contributed by atoms with Gasteiger partial charge in [-0.15, -0.1) is 0 Å². The molecule has 0 aliphatic heterocycles. The van der Waals surface area contributed by atoms with Gasteiger partial charge in [-0.05, 0) is 48.0 Å². The molecule has 0 aliphatic rings. The third-order valence-corrected chi connectivity index (χ3v) is 4.69. The molecule has 0 amide bonds. The van der Waals surface area contributed by atoms with Crippen LogP contribution in [0.2, 0.25) is 5.02 Å². The van der Waals surface area contributed by atoms with Crippen LogP contribution >= 0.6 is 11.6 Å². The van der Waals surface area contributed by atoms with E-state index in [1.807, 2.05) is 0 Å². The van der Waals surface area contributed by atoms with Gasteiger partial charge in [0.2, 0.25) is 0 Å². The number of rotatable bonds is 2. The van der Waals surface area contributed by atoms with Gasteiger partial charge in [-0.1, -0.05) is 17.7 Å². The zero-order valence-corrected chi connectivity index (χ0v) is 14.8. The first-order valence-corrected chi connectivity index (χ1v) is 8.53. The van der Waals surface area contributed by atoms with Crippen LogP contribution in [0.25, 0.3) is 27.7 Å². The van der Waals surface area contributed by atoms with Gasteiger partial charge >= 0.3 is 0 Å². The molecule has 1 N–H and O–H groups in total. The Bertz CT molecular complexity index is 1280. The highest BCUT2D eigenvalue weighted by atomic mass is 35.5. The summed E-state index contributed by atoms with van der Waals surface area (Å²) in [6.45, 7) is 0. The minimum absolute atomic E-state index is 0.0758. The second-order valence-electron chi connectivity index (χ2n) is 6.13. The largest absolute Gasteiger partial charge is 0.508 e. The van der Waals surface area contributed by atoms with Gasteiger partial charge in [0.15, 0.2) is 0 Å². The van der Waals surface area contributed by atoms with E-state index in [0.29, 0.717) is 16.5 Å². The van der Waals surface area contributed by atoms with Crippen molar-refractivity contribution in [1.82, 2.24) is 4.57 Å². The normalized spacial score (nSPS) is 11.1. The number of hydrogen-bond donors (Lipinski definition) is 1. The van der Waals surface area contributed by atoms with E-state index in [1.165, 1.54) is 36.4 Å². The van der Waals surface area contributed by atoms with E-state index in [9.17, 15) is 23.1 Å². The lowest BCUT2D eigenvalue weighted by molar-refractivity contribution is 0.476. The van der Waals surface area contributed by atoms with Crippen molar-refractivity contribution in [2.45, 2.75) is 0 Å². The summed E-state index contributed by atoms with van der Waals surface area (Å²) in [4.78, 5) is 12.5. The number of pyridine rings is 1. The van der Waals surface area contributed by atoms with E-state index in [4.69, 9.17) is 11.6 Å². The van der Waals surface area contributed by atoms with Crippen LogP contribution in [0.4, 0.5) is 13.2 Å². The Morgan fingerprint density at radius 1 is 0.857 bits per heavy atom. The summed E-state index contributed by atoms with van der Waals surface area (Å²) in [7, 11) is 0. The molecule has 7 heteroatoms. The second-order valence-corrected chi connectivity index (χ2v) is 6.53. The molecule has 0 aliphatic carbocycles. The van der Waals surface area contributed by atoms with Crippen molar-refractivity contribution < 1.29 is 18.3 Å². The minimum Gasteiger partial charge on any atom is -0.508 e. The Morgan fingerprint density at radius 2 is 1.57 bits per heavy atom. The monoisotopic (exact) mass is 401 g/mol. The predicted octanol–water partition coefficient (Wildman–Crippen LogP) is 5.43. The number of phenolic OH excluding ortho intramolecular Hbond substituents is 1. The molecular formula is C21H11ClF3NO2. The van der Waals surface area contributed by atoms with Gasteiger partial charge in [0.05, 0.1) is 10.5 Å². The summed E-state index contributed by atoms with van der Waals surface area (Å²) in [5.74, 6) is -2.65. The molecule has 0 unspecified atom stereocenters. The van der Waals surface area contributed by atoms with Crippen LogP contribution in [0.1, 0.15) is 0 Å². The Labute approximate surface area is 161 Å². The summed E-state index contributed by atoms with van der Waals surface area (Å²) < 4.78 is 43.0. The lowest BCUT2D eigenvalue weighted by atomic mass is 9.99. The number of phenols is 1. The van der Waals surface area contributed by atoms with Gasteiger partial charge in [-0.2, -0.15) is 0 Å². The van der Waals surface area contributed by atoms with Gasteiger partial charge in [-0.3, -0.25) is 9.36 Å². The van der Waals surface area contributed by atoms with Crippen molar-refractivity contribution in [3.05, 3.63) is 93.5 Å². The van der Waals surface area contributed by atoms with Crippen molar-refractivity contribution in [2.75, 3.05) is 0 Å². The maximum Gasteiger partial charge on any atom is 0.255 e. The van der Waals surface area contributed by atoms with Crippen LogP contribution in [-0.2, 0) is 0 Å². The summed E-state index contributed by atoms with van der Waals surface area (Å²) >= 11 is 6.15.